The van der Waals surface area contributed by atoms with Crippen molar-refractivity contribution in [3.8, 4) is 0 Å². The quantitative estimate of drug-likeness (QED) is 0.672. The minimum Gasteiger partial charge on any atom is -0.322 e. The number of anilines is 2. The van der Waals surface area contributed by atoms with Crippen molar-refractivity contribution in [1.82, 2.24) is 0 Å². The Morgan fingerprint density at radius 2 is 2.00 bits per heavy atom. The zero-order valence-electron chi connectivity index (χ0n) is 14.0. The molecule has 0 unspecified atom stereocenters. The summed E-state index contributed by atoms with van der Waals surface area (Å²) in [5.74, 6) is -0.986. The highest BCUT2D eigenvalue weighted by Gasteiger charge is 2.26. The molecule has 0 saturated carbocycles. The number of carbonyl (C=O) groups is 2. The van der Waals surface area contributed by atoms with Crippen molar-refractivity contribution in [2.45, 2.75) is 6.42 Å². The molecule has 0 spiro atoms. The highest BCUT2D eigenvalue weighted by Crippen LogP contribution is 2.33. The van der Waals surface area contributed by atoms with E-state index in [0.29, 0.717) is 17.1 Å². The van der Waals surface area contributed by atoms with Crippen molar-refractivity contribution in [3.63, 3.8) is 0 Å². The number of hydrogen-bond acceptors (Lipinski definition) is 3. The van der Waals surface area contributed by atoms with E-state index in [1.165, 1.54) is 23.5 Å². The first-order valence-corrected chi connectivity index (χ1v) is 9.53. The number of carbonyl (C=O) groups excluding carboxylic acids is 2. The minimum atomic E-state index is -0.503. The summed E-state index contributed by atoms with van der Waals surface area (Å²) in [7, 11) is 0. The topological polar surface area (TPSA) is 49.4 Å². The molecule has 27 heavy (non-hydrogen) atoms. The highest BCUT2D eigenvalue weighted by atomic mass is 35.5. The summed E-state index contributed by atoms with van der Waals surface area (Å²) >= 11 is 7.35. The summed E-state index contributed by atoms with van der Waals surface area (Å²) in [6.07, 6.45) is 0.768. The van der Waals surface area contributed by atoms with Gasteiger partial charge >= 0.3 is 0 Å². The van der Waals surface area contributed by atoms with Gasteiger partial charge in [0.05, 0.1) is 15.5 Å². The van der Waals surface area contributed by atoms with Gasteiger partial charge in [0.25, 0.3) is 11.8 Å². The number of benzene rings is 2. The normalized spacial score (nSPS) is 12.7. The van der Waals surface area contributed by atoms with Crippen molar-refractivity contribution in [1.29, 1.82) is 0 Å². The average Bonchev–Trinajstić information content (AvgIpc) is 3.31. The van der Waals surface area contributed by atoms with Crippen LogP contribution in [0.1, 0.15) is 25.6 Å². The Balaban J connectivity index is 1.58. The van der Waals surface area contributed by atoms with Crippen LogP contribution in [0.15, 0.2) is 53.9 Å². The van der Waals surface area contributed by atoms with Crippen LogP contribution in [0, 0.1) is 5.82 Å². The second kappa shape index (κ2) is 7.13. The molecule has 0 atom stereocenters. The average molecular weight is 401 g/mol. The van der Waals surface area contributed by atoms with Gasteiger partial charge in [0.2, 0.25) is 0 Å². The van der Waals surface area contributed by atoms with Crippen molar-refractivity contribution in [3.05, 3.63) is 80.8 Å². The Hall–Kier alpha value is -2.70. The smallest absolute Gasteiger partial charge is 0.268 e. The fourth-order valence-electron chi connectivity index (χ4n) is 3.07. The number of fused-ring (bicyclic) bond motifs is 1. The lowest BCUT2D eigenvalue weighted by atomic mass is 10.1. The van der Waals surface area contributed by atoms with Gasteiger partial charge in [0.1, 0.15) is 5.82 Å². The van der Waals surface area contributed by atoms with Gasteiger partial charge in [-0.25, -0.2) is 4.39 Å². The monoisotopic (exact) mass is 400 g/mol. The molecule has 0 aliphatic carbocycles. The Labute approximate surface area is 164 Å². The first kappa shape index (κ1) is 17.7. The number of rotatable bonds is 3. The molecule has 3 aromatic rings. The predicted octanol–water partition coefficient (Wildman–Crippen LogP) is 5.00. The summed E-state index contributed by atoms with van der Waals surface area (Å²) < 4.78 is 13.2. The summed E-state index contributed by atoms with van der Waals surface area (Å²) in [6, 6.07) is 12.7. The Kier molecular flexibility index (Phi) is 4.68. The standard InChI is InChI=1S/C20H14ClFN2O2S/c21-16-10-13(22)4-6-15(16)19(25)23-14-5-3-12-7-8-24(17(12)11-14)20(26)18-2-1-9-27-18/h1-6,9-11H,7-8H2,(H,23,25). The number of halogens is 2. The maximum Gasteiger partial charge on any atom is 0.268 e. The molecule has 4 rings (SSSR count). The molecule has 0 fully saturated rings. The van der Waals surface area contributed by atoms with Crippen LogP contribution in [0.2, 0.25) is 5.02 Å². The number of thiophene rings is 1. The molecule has 1 aliphatic heterocycles. The van der Waals surface area contributed by atoms with Crippen molar-refractivity contribution in [2.24, 2.45) is 0 Å². The van der Waals surface area contributed by atoms with Crippen LogP contribution in [-0.2, 0) is 6.42 Å². The molecular weight excluding hydrogens is 387 g/mol. The second-order valence-corrected chi connectivity index (χ2v) is 7.46. The fraction of sp³-hybridized carbons (Fsp3) is 0.100. The molecule has 2 aromatic carbocycles. The fourth-order valence-corrected chi connectivity index (χ4v) is 4.00. The van der Waals surface area contributed by atoms with Crippen LogP contribution in [0.3, 0.4) is 0 Å². The first-order valence-electron chi connectivity index (χ1n) is 8.27. The van der Waals surface area contributed by atoms with E-state index in [0.717, 1.165) is 23.7 Å². The third-order valence-corrected chi connectivity index (χ3v) is 5.56. The number of amides is 2. The van der Waals surface area contributed by atoms with E-state index in [4.69, 9.17) is 11.6 Å². The van der Waals surface area contributed by atoms with Crippen LogP contribution < -0.4 is 10.2 Å². The van der Waals surface area contributed by atoms with Crippen molar-refractivity contribution in [2.75, 3.05) is 16.8 Å². The first-order chi connectivity index (χ1) is 13.0. The lowest BCUT2D eigenvalue weighted by Crippen LogP contribution is -2.28. The van der Waals surface area contributed by atoms with Crippen LogP contribution in [-0.4, -0.2) is 18.4 Å². The Morgan fingerprint density at radius 3 is 2.74 bits per heavy atom. The van der Waals surface area contributed by atoms with Gasteiger partial charge in [0, 0.05) is 17.9 Å². The third-order valence-electron chi connectivity index (χ3n) is 4.39. The van der Waals surface area contributed by atoms with Crippen LogP contribution in [0.25, 0.3) is 0 Å². The summed E-state index contributed by atoms with van der Waals surface area (Å²) in [5.41, 5.74) is 2.57. The molecule has 7 heteroatoms. The van der Waals surface area contributed by atoms with E-state index in [1.807, 2.05) is 17.5 Å². The third kappa shape index (κ3) is 3.46. The number of nitrogens with zero attached hydrogens (tertiary/aromatic N) is 1. The molecule has 2 amide bonds. The molecule has 0 saturated heterocycles. The van der Waals surface area contributed by atoms with E-state index < -0.39 is 11.7 Å². The van der Waals surface area contributed by atoms with Crippen LogP contribution in [0.5, 0.6) is 0 Å². The molecule has 1 N–H and O–H groups in total. The molecule has 1 aliphatic rings. The second-order valence-electron chi connectivity index (χ2n) is 6.11. The van der Waals surface area contributed by atoms with E-state index >= 15 is 0 Å². The zero-order chi connectivity index (χ0) is 19.0. The molecule has 1 aromatic heterocycles. The van der Waals surface area contributed by atoms with Gasteiger partial charge in [-0.05, 0) is 53.8 Å². The van der Waals surface area contributed by atoms with E-state index in [2.05, 4.69) is 5.32 Å². The molecule has 0 radical (unpaired) electrons. The zero-order valence-corrected chi connectivity index (χ0v) is 15.6. The SMILES string of the molecule is O=C(Nc1ccc2c(c1)N(C(=O)c1cccs1)CC2)c1ccc(F)cc1Cl. The molecule has 2 heterocycles. The van der Waals surface area contributed by atoms with E-state index in [-0.39, 0.29) is 16.5 Å². The number of nitrogens with one attached hydrogen (secondary N) is 1. The molecule has 136 valence electrons. The maximum absolute atomic E-state index is 13.2. The number of hydrogen-bond donors (Lipinski definition) is 1. The van der Waals surface area contributed by atoms with Gasteiger partial charge in [-0.1, -0.05) is 23.7 Å². The van der Waals surface area contributed by atoms with E-state index in [1.54, 1.807) is 23.1 Å². The van der Waals surface area contributed by atoms with Gasteiger partial charge in [-0.15, -0.1) is 11.3 Å². The van der Waals surface area contributed by atoms with Crippen LogP contribution >= 0.6 is 22.9 Å². The van der Waals surface area contributed by atoms with Crippen molar-refractivity contribution < 1.29 is 14.0 Å². The summed E-state index contributed by atoms with van der Waals surface area (Å²) in [6.45, 7) is 0.604. The maximum atomic E-state index is 13.2. The summed E-state index contributed by atoms with van der Waals surface area (Å²) in [5, 5.41) is 4.67. The van der Waals surface area contributed by atoms with E-state index in [9.17, 15) is 14.0 Å². The van der Waals surface area contributed by atoms with Gasteiger partial charge in [-0.2, -0.15) is 0 Å². The van der Waals surface area contributed by atoms with Gasteiger partial charge < -0.3 is 10.2 Å². The highest BCUT2D eigenvalue weighted by molar-refractivity contribution is 7.12. The van der Waals surface area contributed by atoms with Crippen LogP contribution in [0.4, 0.5) is 15.8 Å². The minimum absolute atomic E-state index is 0.0446. The predicted molar refractivity (Wildman–Crippen MR) is 106 cm³/mol. The Morgan fingerprint density at radius 1 is 1.15 bits per heavy atom. The van der Waals surface area contributed by atoms with Gasteiger partial charge in [-0.3, -0.25) is 9.59 Å². The molecule has 4 nitrogen and oxygen atoms in total. The molecular formula is C20H14ClFN2O2S. The van der Waals surface area contributed by atoms with Gasteiger partial charge in [0.15, 0.2) is 0 Å². The largest absolute Gasteiger partial charge is 0.322 e. The lowest BCUT2D eigenvalue weighted by molar-refractivity contribution is 0.0991. The van der Waals surface area contributed by atoms with Crippen molar-refractivity contribution >= 4 is 46.1 Å². The lowest BCUT2D eigenvalue weighted by Gasteiger charge is -2.17. The summed E-state index contributed by atoms with van der Waals surface area (Å²) in [4.78, 5) is 27.6. The Bertz CT molecular complexity index is 1040. The molecule has 0 bridgehead atoms.